The predicted molar refractivity (Wildman–Crippen MR) is 145 cm³/mol. The number of aliphatic hydroxyl groups excluding tert-OH is 1. The highest BCUT2D eigenvalue weighted by Gasteiger charge is 2.50. The van der Waals surface area contributed by atoms with Gasteiger partial charge in [-0.15, -0.1) is 0 Å². The van der Waals surface area contributed by atoms with Crippen LogP contribution in [0.5, 0.6) is 0 Å². The van der Waals surface area contributed by atoms with Crippen molar-refractivity contribution in [2.24, 2.45) is 23.2 Å². The summed E-state index contributed by atoms with van der Waals surface area (Å²) in [6, 6.07) is 0. The molecule has 0 radical (unpaired) electrons. The quantitative estimate of drug-likeness (QED) is 0.373. The average molecular weight is 475 g/mol. The molecule has 3 N–H and O–H groups in total. The molecule has 3 rings (SSSR count). The van der Waals surface area contributed by atoms with Crippen molar-refractivity contribution < 1.29 is 15.3 Å². The van der Waals surface area contributed by atoms with Gasteiger partial charge in [-0.1, -0.05) is 51.0 Å². The summed E-state index contributed by atoms with van der Waals surface area (Å²) < 4.78 is 0. The Balaban J connectivity index is 0.000000739. The molecular weight excluding hydrogens is 420 g/mol. The van der Waals surface area contributed by atoms with Crippen molar-refractivity contribution in [1.82, 2.24) is 0 Å². The maximum Gasteiger partial charge on any atom is 0.0787 e. The molecule has 0 amide bonds. The Hall–Kier alpha value is -0.900. The fourth-order valence-electron chi connectivity index (χ4n) is 6.70. The van der Waals surface area contributed by atoms with Crippen LogP contribution in [0, 0.1) is 23.2 Å². The fourth-order valence-corrected chi connectivity index (χ4v) is 6.70. The zero-order chi connectivity index (χ0) is 25.7. The van der Waals surface area contributed by atoms with Gasteiger partial charge in [0.2, 0.25) is 0 Å². The van der Waals surface area contributed by atoms with Crippen molar-refractivity contribution in [3.8, 4) is 0 Å². The van der Waals surface area contributed by atoms with E-state index in [1.165, 1.54) is 44.1 Å². The number of hydrogen-bond acceptors (Lipinski definition) is 3. The van der Waals surface area contributed by atoms with E-state index in [2.05, 4.69) is 32.6 Å². The van der Waals surface area contributed by atoms with Gasteiger partial charge in [0.05, 0.1) is 17.3 Å². The molecule has 0 aromatic rings. The van der Waals surface area contributed by atoms with Gasteiger partial charge in [0, 0.05) is 0 Å². The molecule has 0 aromatic heterocycles. The molecule has 0 heterocycles. The lowest BCUT2D eigenvalue weighted by atomic mass is 9.60. The van der Waals surface area contributed by atoms with Gasteiger partial charge in [0.25, 0.3) is 0 Å². The SMILES string of the molecule is C=C1/C(=C\C=C2/CCCC3(C)C2CCC3C(C)CCCC(C)(C)O)CCCC1O.CC(C)(C)O. The molecule has 3 heteroatoms. The summed E-state index contributed by atoms with van der Waals surface area (Å²) in [4.78, 5) is 0. The molecular formula is C31H54O3. The van der Waals surface area contributed by atoms with Gasteiger partial charge in [-0.3, -0.25) is 0 Å². The highest BCUT2D eigenvalue weighted by atomic mass is 16.3. The Bertz CT molecular complexity index is 727. The van der Waals surface area contributed by atoms with Crippen LogP contribution in [0.15, 0.2) is 35.5 Å². The van der Waals surface area contributed by atoms with Gasteiger partial charge < -0.3 is 15.3 Å². The highest BCUT2D eigenvalue weighted by Crippen LogP contribution is 2.60. The molecule has 3 nitrogen and oxygen atoms in total. The number of hydrogen-bond donors (Lipinski definition) is 3. The molecule has 0 bridgehead atoms. The van der Waals surface area contributed by atoms with E-state index in [0.29, 0.717) is 5.41 Å². The first-order chi connectivity index (χ1) is 15.6. The van der Waals surface area contributed by atoms with Crippen LogP contribution in [0.1, 0.15) is 119 Å². The topological polar surface area (TPSA) is 60.7 Å². The molecule has 3 saturated carbocycles. The molecule has 34 heavy (non-hydrogen) atoms. The highest BCUT2D eigenvalue weighted by molar-refractivity contribution is 5.37. The summed E-state index contributed by atoms with van der Waals surface area (Å²) in [6.45, 7) is 18.2. The standard InChI is InChI=1S/C27H44O2.C4H10O/c1-19(9-7-17-26(3,4)29)23-15-16-24-22(11-8-18-27(23,24)5)14-13-21-10-6-12-25(28)20(21)2;1-4(2,3)5/h13-14,19,23-25,28-29H,2,6-12,15-18H2,1,3-5H3;5H,1-3H3/b21-13-,22-14+;. The summed E-state index contributed by atoms with van der Waals surface area (Å²) in [6.07, 6.45) is 17.2. The summed E-state index contributed by atoms with van der Waals surface area (Å²) in [5.74, 6) is 2.26. The fraction of sp³-hybridized carbons (Fsp3) is 0.806. The Labute approximate surface area is 210 Å². The van der Waals surface area contributed by atoms with E-state index in [-0.39, 0.29) is 6.10 Å². The summed E-state index contributed by atoms with van der Waals surface area (Å²) in [5, 5.41) is 28.7. The molecule has 0 saturated heterocycles. The molecule has 196 valence electrons. The third-order valence-electron chi connectivity index (χ3n) is 8.41. The van der Waals surface area contributed by atoms with Crippen molar-refractivity contribution >= 4 is 0 Å². The number of allylic oxidation sites excluding steroid dienone is 3. The van der Waals surface area contributed by atoms with Crippen LogP contribution in [0.25, 0.3) is 0 Å². The van der Waals surface area contributed by atoms with E-state index in [4.69, 9.17) is 5.11 Å². The first kappa shape index (κ1) is 29.3. The third kappa shape index (κ3) is 8.64. The number of fused-ring (bicyclic) bond motifs is 1. The number of rotatable bonds is 6. The lowest BCUT2D eigenvalue weighted by Gasteiger charge is -2.44. The minimum atomic E-state index is -0.535. The van der Waals surface area contributed by atoms with E-state index in [9.17, 15) is 10.2 Å². The lowest BCUT2D eigenvalue weighted by Crippen LogP contribution is -2.36. The van der Waals surface area contributed by atoms with Crippen LogP contribution >= 0.6 is 0 Å². The Kier molecular flexibility index (Phi) is 10.3. The second kappa shape index (κ2) is 11.9. The summed E-state index contributed by atoms with van der Waals surface area (Å²) in [7, 11) is 0. The van der Waals surface area contributed by atoms with Gasteiger partial charge in [0.1, 0.15) is 0 Å². The predicted octanol–water partition coefficient (Wildman–Crippen LogP) is 7.51. The molecule has 3 aliphatic rings. The Morgan fingerprint density at radius 3 is 2.29 bits per heavy atom. The maximum atomic E-state index is 10.1. The first-order valence-corrected chi connectivity index (χ1v) is 13.8. The normalized spacial score (nSPS) is 33.5. The van der Waals surface area contributed by atoms with Crippen molar-refractivity contribution in [3.05, 3.63) is 35.5 Å². The van der Waals surface area contributed by atoms with Crippen LogP contribution in [-0.4, -0.2) is 32.6 Å². The molecule has 5 atom stereocenters. The average Bonchev–Trinajstić information content (AvgIpc) is 3.04. The van der Waals surface area contributed by atoms with Crippen LogP contribution < -0.4 is 0 Å². The van der Waals surface area contributed by atoms with Gasteiger partial charge in [-0.05, 0) is 127 Å². The van der Waals surface area contributed by atoms with Crippen LogP contribution in [0.2, 0.25) is 0 Å². The molecule has 3 fully saturated rings. The molecule has 0 spiro atoms. The van der Waals surface area contributed by atoms with Crippen LogP contribution in [0.3, 0.4) is 0 Å². The van der Waals surface area contributed by atoms with Gasteiger partial charge in [-0.2, -0.15) is 0 Å². The van der Waals surface area contributed by atoms with Gasteiger partial charge >= 0.3 is 0 Å². The molecule has 5 unspecified atom stereocenters. The van der Waals surface area contributed by atoms with E-state index < -0.39 is 11.2 Å². The largest absolute Gasteiger partial charge is 0.391 e. The summed E-state index contributed by atoms with van der Waals surface area (Å²) >= 11 is 0. The minimum Gasteiger partial charge on any atom is -0.391 e. The van der Waals surface area contributed by atoms with Crippen LogP contribution in [-0.2, 0) is 0 Å². The van der Waals surface area contributed by atoms with Crippen molar-refractivity contribution in [3.63, 3.8) is 0 Å². The Morgan fingerprint density at radius 2 is 1.68 bits per heavy atom. The van der Waals surface area contributed by atoms with Gasteiger partial charge in [0.15, 0.2) is 0 Å². The van der Waals surface area contributed by atoms with Crippen molar-refractivity contribution in [2.45, 2.75) is 136 Å². The van der Waals surface area contributed by atoms with E-state index in [1.54, 1.807) is 26.3 Å². The third-order valence-corrected chi connectivity index (χ3v) is 8.41. The monoisotopic (exact) mass is 474 g/mol. The Morgan fingerprint density at radius 1 is 1.03 bits per heavy atom. The van der Waals surface area contributed by atoms with Crippen LogP contribution in [0.4, 0.5) is 0 Å². The minimum absolute atomic E-state index is 0.342. The molecule has 0 aromatic carbocycles. The second-order valence-electron chi connectivity index (χ2n) is 13.3. The van der Waals surface area contributed by atoms with Gasteiger partial charge in [-0.25, -0.2) is 0 Å². The zero-order valence-electron chi connectivity index (χ0n) is 23.3. The molecule has 0 aliphatic heterocycles. The van der Waals surface area contributed by atoms with Crippen molar-refractivity contribution in [1.29, 1.82) is 0 Å². The lowest BCUT2D eigenvalue weighted by molar-refractivity contribution is 0.0596. The van der Waals surface area contributed by atoms with Crippen molar-refractivity contribution in [2.75, 3.05) is 0 Å². The molecule has 3 aliphatic carbocycles. The first-order valence-electron chi connectivity index (χ1n) is 13.8. The van der Waals surface area contributed by atoms with E-state index in [1.807, 2.05) is 13.8 Å². The van der Waals surface area contributed by atoms with E-state index in [0.717, 1.165) is 55.4 Å². The number of aliphatic hydroxyl groups is 3. The smallest absolute Gasteiger partial charge is 0.0787 e. The summed E-state index contributed by atoms with van der Waals surface area (Å²) in [5.41, 5.74) is 3.24. The maximum absolute atomic E-state index is 10.1. The second-order valence-corrected chi connectivity index (χ2v) is 13.3. The van der Waals surface area contributed by atoms with E-state index >= 15 is 0 Å². The zero-order valence-corrected chi connectivity index (χ0v) is 23.3.